The van der Waals surface area contributed by atoms with Gasteiger partial charge in [-0.3, -0.25) is 0 Å². The molecule has 2 atom stereocenters. The summed E-state index contributed by atoms with van der Waals surface area (Å²) in [7, 11) is 0. The zero-order valence-corrected chi connectivity index (χ0v) is 29.0. The SMILES string of the molecule is N#CC1=C(N(c2ccccc2)c2ccccc2)C(C#N)C(n2c3ccc(N4C/C=C\C=C/Cc5ccccc54)cc3c3c4ccccc4ccc32)C=C1. The molecule has 5 nitrogen and oxygen atoms in total. The Hall–Kier alpha value is -7.08. The number of hydrogen-bond donors (Lipinski definition) is 0. The number of benzene rings is 6. The first-order chi connectivity index (χ1) is 26.2. The lowest BCUT2D eigenvalue weighted by Gasteiger charge is -2.36. The normalized spacial score (nSPS) is 18.1. The molecule has 1 aliphatic heterocycles. The van der Waals surface area contributed by atoms with Gasteiger partial charge < -0.3 is 14.4 Å². The molecule has 6 aromatic carbocycles. The van der Waals surface area contributed by atoms with Gasteiger partial charge in [-0.2, -0.15) is 10.5 Å². The Morgan fingerprint density at radius 2 is 1.36 bits per heavy atom. The molecule has 0 saturated heterocycles. The summed E-state index contributed by atoms with van der Waals surface area (Å²) in [5.41, 5.74) is 8.58. The Balaban J connectivity index is 1.27. The van der Waals surface area contributed by atoms with E-state index in [-0.39, 0.29) is 0 Å². The largest absolute Gasteiger partial charge is 0.337 e. The van der Waals surface area contributed by atoms with Gasteiger partial charge in [0.15, 0.2) is 0 Å². The Morgan fingerprint density at radius 1 is 0.660 bits per heavy atom. The van der Waals surface area contributed by atoms with Crippen LogP contribution >= 0.6 is 0 Å². The predicted molar refractivity (Wildman–Crippen MR) is 217 cm³/mol. The molecule has 2 unspecified atom stereocenters. The molecular weight excluding hydrogens is 647 g/mol. The topological polar surface area (TPSA) is 59.0 Å². The van der Waals surface area contributed by atoms with Gasteiger partial charge in [-0.15, -0.1) is 0 Å². The van der Waals surface area contributed by atoms with Crippen LogP contribution in [-0.2, 0) is 6.42 Å². The van der Waals surface area contributed by atoms with Crippen LogP contribution in [0.15, 0.2) is 187 Å². The minimum absolute atomic E-state index is 0.394. The van der Waals surface area contributed by atoms with E-state index in [0.717, 1.165) is 62.6 Å². The van der Waals surface area contributed by atoms with Crippen molar-refractivity contribution in [3.05, 3.63) is 193 Å². The van der Waals surface area contributed by atoms with E-state index in [9.17, 15) is 10.5 Å². The quantitative estimate of drug-likeness (QED) is 0.181. The summed E-state index contributed by atoms with van der Waals surface area (Å²) in [5.74, 6) is -0.678. The number of hydrogen-bond acceptors (Lipinski definition) is 4. The summed E-state index contributed by atoms with van der Waals surface area (Å²) in [6, 6.07) is 53.1. The van der Waals surface area contributed by atoms with Crippen LogP contribution in [-0.4, -0.2) is 11.1 Å². The smallest absolute Gasteiger partial charge is 0.112 e. The summed E-state index contributed by atoms with van der Waals surface area (Å²) in [4.78, 5) is 4.47. The molecule has 0 saturated carbocycles. The molecule has 0 radical (unpaired) electrons. The summed E-state index contributed by atoms with van der Waals surface area (Å²) >= 11 is 0. The molecule has 9 rings (SSSR count). The van der Waals surface area contributed by atoms with E-state index < -0.39 is 12.0 Å². The van der Waals surface area contributed by atoms with Crippen LogP contribution in [0.1, 0.15) is 11.6 Å². The van der Waals surface area contributed by atoms with E-state index in [1.807, 2.05) is 72.8 Å². The average molecular weight is 682 g/mol. The van der Waals surface area contributed by atoms with E-state index in [1.54, 1.807) is 0 Å². The molecule has 0 amide bonds. The molecular formula is C48H35N5. The van der Waals surface area contributed by atoms with Gasteiger partial charge in [0.25, 0.3) is 0 Å². The van der Waals surface area contributed by atoms with Gasteiger partial charge in [0.1, 0.15) is 12.0 Å². The van der Waals surface area contributed by atoms with Crippen molar-refractivity contribution in [3.8, 4) is 12.1 Å². The van der Waals surface area contributed by atoms with Crippen LogP contribution < -0.4 is 9.80 Å². The Kier molecular flexibility index (Phi) is 8.16. The number of fused-ring (bicyclic) bond motifs is 6. The number of para-hydroxylation sites is 3. The van der Waals surface area contributed by atoms with Crippen LogP contribution in [0.25, 0.3) is 32.6 Å². The first-order valence-electron chi connectivity index (χ1n) is 18.0. The van der Waals surface area contributed by atoms with Crippen molar-refractivity contribution in [2.24, 2.45) is 5.92 Å². The maximum Gasteiger partial charge on any atom is 0.112 e. The van der Waals surface area contributed by atoms with Crippen LogP contribution in [0.3, 0.4) is 0 Å². The highest BCUT2D eigenvalue weighted by Crippen LogP contribution is 2.46. The Labute approximate surface area is 309 Å². The summed E-state index contributed by atoms with van der Waals surface area (Å²) in [6.07, 6.45) is 13.5. The lowest BCUT2D eigenvalue weighted by atomic mass is 9.87. The molecule has 1 aliphatic carbocycles. The first kappa shape index (κ1) is 31.9. The number of rotatable bonds is 5. The first-order valence-corrected chi connectivity index (χ1v) is 18.0. The van der Waals surface area contributed by atoms with E-state index in [1.165, 1.54) is 11.3 Å². The highest BCUT2D eigenvalue weighted by atomic mass is 15.2. The van der Waals surface area contributed by atoms with E-state index in [2.05, 4.69) is 130 Å². The number of aromatic nitrogens is 1. The van der Waals surface area contributed by atoms with Crippen LogP contribution in [0.4, 0.5) is 22.7 Å². The third kappa shape index (κ3) is 5.48. The fourth-order valence-corrected chi connectivity index (χ4v) is 8.13. The highest BCUT2D eigenvalue weighted by Gasteiger charge is 2.36. The molecule has 0 fully saturated rings. The van der Waals surface area contributed by atoms with Crippen molar-refractivity contribution < 1.29 is 0 Å². The van der Waals surface area contributed by atoms with Gasteiger partial charge >= 0.3 is 0 Å². The summed E-state index contributed by atoms with van der Waals surface area (Å²) < 4.78 is 2.32. The molecule has 1 aromatic heterocycles. The van der Waals surface area contributed by atoms with Crippen molar-refractivity contribution >= 4 is 55.3 Å². The maximum atomic E-state index is 11.2. The lowest BCUT2D eigenvalue weighted by molar-refractivity contribution is 0.529. The van der Waals surface area contributed by atoms with Gasteiger partial charge in [0, 0.05) is 45.6 Å². The van der Waals surface area contributed by atoms with Crippen molar-refractivity contribution in [1.82, 2.24) is 4.57 Å². The number of nitriles is 2. The van der Waals surface area contributed by atoms with Gasteiger partial charge in [-0.25, -0.2) is 0 Å². The van der Waals surface area contributed by atoms with Gasteiger partial charge in [-0.05, 0) is 83.4 Å². The molecule has 0 N–H and O–H groups in total. The Morgan fingerprint density at radius 3 is 2.13 bits per heavy atom. The molecule has 252 valence electrons. The molecule has 0 bridgehead atoms. The van der Waals surface area contributed by atoms with Crippen molar-refractivity contribution in [2.75, 3.05) is 16.3 Å². The molecule has 7 aromatic rings. The molecule has 2 heterocycles. The van der Waals surface area contributed by atoms with Gasteiger partial charge in [0.05, 0.1) is 28.9 Å². The minimum atomic E-state index is -0.678. The third-order valence-electron chi connectivity index (χ3n) is 10.5. The van der Waals surface area contributed by atoms with Crippen molar-refractivity contribution in [1.29, 1.82) is 10.5 Å². The molecule has 2 aliphatic rings. The zero-order chi connectivity index (χ0) is 35.7. The minimum Gasteiger partial charge on any atom is -0.337 e. The number of anilines is 4. The van der Waals surface area contributed by atoms with E-state index >= 15 is 0 Å². The van der Waals surface area contributed by atoms with Crippen LogP contribution in [0.2, 0.25) is 0 Å². The van der Waals surface area contributed by atoms with E-state index in [0.29, 0.717) is 11.3 Å². The second kappa shape index (κ2) is 13.6. The molecule has 0 spiro atoms. The third-order valence-corrected chi connectivity index (χ3v) is 10.5. The molecule has 5 heteroatoms. The Bertz CT molecular complexity index is 2680. The van der Waals surface area contributed by atoms with Crippen molar-refractivity contribution in [2.45, 2.75) is 12.5 Å². The van der Waals surface area contributed by atoms with Gasteiger partial charge in [0.2, 0.25) is 0 Å². The standard InChI is InChI=1S/C48H35N5/c49-32-36-25-27-45(42(33-50)48(36)52(37-18-6-3-7-19-37)38-20-8-4-9-21-38)53-44-29-26-39(51-30-14-2-1-5-16-35-17-11-13-23-43(35)51)31-41(44)47-40-22-12-10-15-34(40)24-28-46(47)53/h1-15,17-29,31,42,45H,16,30H2/b5-1-,14-2-. The zero-order valence-electron chi connectivity index (χ0n) is 29.0. The van der Waals surface area contributed by atoms with E-state index in [4.69, 9.17) is 0 Å². The van der Waals surface area contributed by atoms with Crippen LogP contribution in [0.5, 0.6) is 0 Å². The predicted octanol–water partition coefficient (Wildman–Crippen LogP) is 11.6. The summed E-state index contributed by atoms with van der Waals surface area (Å²) in [5, 5.41) is 26.4. The van der Waals surface area contributed by atoms with Crippen LogP contribution in [0, 0.1) is 28.6 Å². The molecule has 53 heavy (non-hydrogen) atoms. The maximum absolute atomic E-state index is 11.2. The average Bonchev–Trinajstić information content (AvgIpc) is 3.60. The summed E-state index contributed by atoms with van der Waals surface area (Å²) in [6.45, 7) is 0.730. The monoisotopic (exact) mass is 681 g/mol. The fraction of sp³-hybridized carbons (Fsp3) is 0.0833. The second-order valence-electron chi connectivity index (χ2n) is 13.4. The second-order valence-corrected chi connectivity index (χ2v) is 13.4. The number of allylic oxidation sites excluding steroid dienone is 7. The van der Waals surface area contributed by atoms with Gasteiger partial charge in [-0.1, -0.05) is 115 Å². The fourth-order valence-electron chi connectivity index (χ4n) is 8.13. The lowest BCUT2D eigenvalue weighted by Crippen LogP contribution is -2.31. The number of nitrogens with zero attached hydrogens (tertiary/aromatic N) is 5. The van der Waals surface area contributed by atoms with Crippen molar-refractivity contribution in [3.63, 3.8) is 0 Å². The highest BCUT2D eigenvalue weighted by molar-refractivity contribution is 6.21.